The van der Waals surface area contributed by atoms with Crippen LogP contribution in [-0.2, 0) is 0 Å². The van der Waals surface area contributed by atoms with E-state index in [1.165, 1.54) is 19.3 Å². The largest absolute Gasteiger partial charge is 0.328 e. The van der Waals surface area contributed by atoms with E-state index in [0.717, 1.165) is 5.92 Å². The van der Waals surface area contributed by atoms with Gasteiger partial charge in [0.1, 0.15) is 0 Å². The summed E-state index contributed by atoms with van der Waals surface area (Å²) >= 11 is 0. The predicted octanol–water partition coefficient (Wildman–Crippen LogP) is 2.01. The second kappa shape index (κ2) is 1.63. The van der Waals surface area contributed by atoms with Gasteiger partial charge in [0.2, 0.25) is 0 Å². The van der Waals surface area contributed by atoms with Gasteiger partial charge in [-0.05, 0) is 0 Å². The third kappa shape index (κ3) is 0.562. The molecule has 0 saturated heterocycles. The van der Waals surface area contributed by atoms with Crippen LogP contribution in [0.3, 0.4) is 0 Å². The first-order valence-corrected chi connectivity index (χ1v) is 2.73. The van der Waals surface area contributed by atoms with E-state index in [1.54, 1.807) is 0 Å². The molecule has 1 rings (SSSR count). The number of rotatable bonds is 1. The van der Waals surface area contributed by atoms with Crippen molar-refractivity contribution in [3.8, 4) is 0 Å². The standard InChI is InChI=1S/C6H11/c1-2-6-4-3-5-6/h2,6H,3-5H2,1H3/q-1. The van der Waals surface area contributed by atoms with Crippen molar-refractivity contribution in [3.05, 3.63) is 6.42 Å². The summed E-state index contributed by atoms with van der Waals surface area (Å²) in [5.74, 6) is 0.991. The lowest BCUT2D eigenvalue weighted by Crippen LogP contribution is -2.08. The van der Waals surface area contributed by atoms with Crippen molar-refractivity contribution in [2.75, 3.05) is 0 Å². The molecule has 0 amide bonds. The fraction of sp³-hybridized carbons (Fsp3) is 0.833. The molecule has 1 fully saturated rings. The first-order valence-electron chi connectivity index (χ1n) is 2.73. The Labute approximate surface area is 39.6 Å². The van der Waals surface area contributed by atoms with Crippen LogP contribution in [0, 0.1) is 12.3 Å². The summed E-state index contributed by atoms with van der Waals surface area (Å²) < 4.78 is 0. The molecule has 1 aliphatic rings. The lowest BCUT2D eigenvalue weighted by molar-refractivity contribution is 0.363. The van der Waals surface area contributed by atoms with Crippen molar-refractivity contribution < 1.29 is 0 Å². The van der Waals surface area contributed by atoms with Gasteiger partial charge >= 0.3 is 0 Å². The van der Waals surface area contributed by atoms with Crippen LogP contribution < -0.4 is 0 Å². The maximum atomic E-state index is 2.31. The molecule has 0 heterocycles. The van der Waals surface area contributed by atoms with E-state index in [-0.39, 0.29) is 0 Å². The van der Waals surface area contributed by atoms with E-state index in [9.17, 15) is 0 Å². The van der Waals surface area contributed by atoms with Crippen molar-refractivity contribution >= 4 is 0 Å². The lowest BCUT2D eigenvalue weighted by atomic mass is 9.84. The lowest BCUT2D eigenvalue weighted by Gasteiger charge is -2.31. The molecule has 0 unspecified atom stereocenters. The van der Waals surface area contributed by atoms with Crippen LogP contribution >= 0.6 is 0 Å². The van der Waals surface area contributed by atoms with Crippen LogP contribution in [0.2, 0.25) is 0 Å². The van der Waals surface area contributed by atoms with Gasteiger partial charge in [0.25, 0.3) is 0 Å². The SMILES string of the molecule is C[CH-]C1CCC1. The zero-order chi connectivity index (χ0) is 4.41. The minimum Gasteiger partial charge on any atom is -0.328 e. The van der Waals surface area contributed by atoms with Gasteiger partial charge in [-0.25, -0.2) is 0 Å². The first kappa shape index (κ1) is 4.17. The van der Waals surface area contributed by atoms with Crippen molar-refractivity contribution in [1.82, 2.24) is 0 Å². The molecule has 0 N–H and O–H groups in total. The maximum absolute atomic E-state index is 2.31. The van der Waals surface area contributed by atoms with Gasteiger partial charge in [0, 0.05) is 0 Å². The summed E-state index contributed by atoms with van der Waals surface area (Å²) in [6.07, 6.45) is 6.69. The minimum atomic E-state index is 0.991. The van der Waals surface area contributed by atoms with Crippen LogP contribution in [0.15, 0.2) is 0 Å². The molecule has 0 spiro atoms. The van der Waals surface area contributed by atoms with Gasteiger partial charge in [-0.3, -0.25) is 0 Å². The quantitative estimate of drug-likeness (QED) is 0.425. The summed E-state index contributed by atoms with van der Waals surface area (Å²) in [6.45, 7) is 2.16. The highest BCUT2D eigenvalue weighted by Crippen LogP contribution is 2.27. The number of hydrogen-bond acceptors (Lipinski definition) is 0. The van der Waals surface area contributed by atoms with Gasteiger partial charge in [-0.2, -0.15) is 12.8 Å². The van der Waals surface area contributed by atoms with E-state index >= 15 is 0 Å². The van der Waals surface area contributed by atoms with Crippen LogP contribution in [-0.4, -0.2) is 0 Å². The van der Waals surface area contributed by atoms with E-state index in [4.69, 9.17) is 0 Å². The molecular formula is C6H11-. The highest BCUT2D eigenvalue weighted by Gasteiger charge is 2.05. The zero-order valence-electron chi connectivity index (χ0n) is 4.28. The van der Waals surface area contributed by atoms with Gasteiger partial charge in [-0.1, -0.05) is 19.3 Å². The molecule has 6 heavy (non-hydrogen) atoms. The van der Waals surface area contributed by atoms with Crippen LogP contribution in [0.1, 0.15) is 26.2 Å². The normalized spacial score (nSPS) is 23.5. The monoisotopic (exact) mass is 83.1 g/mol. The molecule has 1 aliphatic carbocycles. The Kier molecular flexibility index (Phi) is 1.13. The predicted molar refractivity (Wildman–Crippen MR) is 27.3 cm³/mol. The molecule has 0 bridgehead atoms. The smallest absolute Gasteiger partial charge is 0.0577 e. The molecule has 1 saturated carbocycles. The van der Waals surface area contributed by atoms with Gasteiger partial charge < -0.3 is 6.42 Å². The van der Waals surface area contributed by atoms with Crippen LogP contribution in [0.4, 0.5) is 0 Å². The Hall–Kier alpha value is 0. The molecule has 0 nitrogen and oxygen atoms in total. The van der Waals surface area contributed by atoms with Crippen molar-refractivity contribution in [2.45, 2.75) is 26.2 Å². The second-order valence-electron chi connectivity index (χ2n) is 2.02. The second-order valence-corrected chi connectivity index (χ2v) is 2.02. The minimum absolute atomic E-state index is 0.991. The van der Waals surface area contributed by atoms with Gasteiger partial charge in [0.05, 0.1) is 0 Å². The fourth-order valence-electron chi connectivity index (χ4n) is 0.773. The molecular weight excluding hydrogens is 72.1 g/mol. The molecule has 0 aromatic heterocycles. The summed E-state index contributed by atoms with van der Waals surface area (Å²) in [5.41, 5.74) is 0. The fourth-order valence-corrected chi connectivity index (χ4v) is 0.773. The Morgan fingerprint density at radius 1 is 1.50 bits per heavy atom. The summed E-state index contributed by atoms with van der Waals surface area (Å²) in [7, 11) is 0. The summed E-state index contributed by atoms with van der Waals surface area (Å²) in [6, 6.07) is 0. The summed E-state index contributed by atoms with van der Waals surface area (Å²) in [4.78, 5) is 0. The maximum Gasteiger partial charge on any atom is -0.0577 e. The van der Waals surface area contributed by atoms with Crippen molar-refractivity contribution in [2.24, 2.45) is 5.92 Å². The molecule has 0 aromatic rings. The Bertz CT molecular complexity index is 32.5. The Balaban J connectivity index is 2.01. The molecule has 0 aromatic carbocycles. The van der Waals surface area contributed by atoms with Crippen molar-refractivity contribution in [1.29, 1.82) is 0 Å². The van der Waals surface area contributed by atoms with E-state index in [1.807, 2.05) is 0 Å². The Morgan fingerprint density at radius 3 is 2.17 bits per heavy atom. The van der Waals surface area contributed by atoms with E-state index in [0.29, 0.717) is 0 Å². The molecule has 0 radical (unpaired) electrons. The highest BCUT2D eigenvalue weighted by molar-refractivity contribution is 4.78. The highest BCUT2D eigenvalue weighted by atomic mass is 14.2. The average Bonchev–Trinajstić information content (AvgIpc) is 1.31. The van der Waals surface area contributed by atoms with E-state index in [2.05, 4.69) is 13.3 Å². The molecule has 0 aliphatic heterocycles. The average molecular weight is 83.2 g/mol. The molecule has 0 heteroatoms. The summed E-state index contributed by atoms with van der Waals surface area (Å²) in [5, 5.41) is 0. The first-order chi connectivity index (χ1) is 2.93. The van der Waals surface area contributed by atoms with Gasteiger partial charge in [-0.15, -0.1) is 0 Å². The zero-order valence-corrected chi connectivity index (χ0v) is 4.28. The van der Waals surface area contributed by atoms with Crippen LogP contribution in [0.5, 0.6) is 0 Å². The Morgan fingerprint density at radius 2 is 2.17 bits per heavy atom. The molecule has 0 atom stereocenters. The number of hydrogen-bond donors (Lipinski definition) is 0. The third-order valence-corrected chi connectivity index (χ3v) is 1.62. The third-order valence-electron chi connectivity index (χ3n) is 1.62. The molecule has 36 valence electrons. The van der Waals surface area contributed by atoms with Crippen molar-refractivity contribution in [3.63, 3.8) is 0 Å². The topological polar surface area (TPSA) is 0 Å². The van der Waals surface area contributed by atoms with Gasteiger partial charge in [0.15, 0.2) is 0 Å². The van der Waals surface area contributed by atoms with Crippen LogP contribution in [0.25, 0.3) is 0 Å². The van der Waals surface area contributed by atoms with E-state index < -0.39 is 0 Å².